The summed E-state index contributed by atoms with van der Waals surface area (Å²) in [5.41, 5.74) is 1.51. The number of piperazine rings is 1. The van der Waals surface area contributed by atoms with E-state index < -0.39 is 0 Å². The van der Waals surface area contributed by atoms with Gasteiger partial charge in [-0.05, 0) is 50.1 Å². The largest absolute Gasteiger partial charge is 0.382 e. The number of pyridine rings is 1. The van der Waals surface area contributed by atoms with Gasteiger partial charge in [-0.1, -0.05) is 23.7 Å². The maximum atomic E-state index is 12.9. The van der Waals surface area contributed by atoms with Crippen molar-refractivity contribution in [2.75, 3.05) is 50.8 Å². The molecular formula is C24H31ClN4O3. The Morgan fingerprint density at radius 1 is 1.12 bits per heavy atom. The molecule has 2 aromatic rings. The summed E-state index contributed by atoms with van der Waals surface area (Å²) in [5, 5.41) is 3.54. The third-order valence-electron chi connectivity index (χ3n) is 5.62. The van der Waals surface area contributed by atoms with E-state index in [9.17, 15) is 9.59 Å². The van der Waals surface area contributed by atoms with E-state index in [1.807, 2.05) is 49.1 Å². The molecule has 0 saturated carbocycles. The van der Waals surface area contributed by atoms with Gasteiger partial charge in [-0.2, -0.15) is 0 Å². The zero-order chi connectivity index (χ0) is 22.9. The summed E-state index contributed by atoms with van der Waals surface area (Å²) < 4.78 is 5.27. The van der Waals surface area contributed by atoms with Crippen LogP contribution < -0.4 is 10.2 Å². The first-order chi connectivity index (χ1) is 15.5. The Morgan fingerprint density at radius 3 is 2.47 bits per heavy atom. The third-order valence-corrected chi connectivity index (χ3v) is 5.87. The summed E-state index contributed by atoms with van der Waals surface area (Å²) in [6.07, 6.45) is 2.39. The minimum atomic E-state index is -0.205. The van der Waals surface area contributed by atoms with Crippen molar-refractivity contribution >= 4 is 29.2 Å². The number of halogens is 1. The maximum absolute atomic E-state index is 12.9. The zero-order valence-corrected chi connectivity index (χ0v) is 19.5. The number of carbonyl (C=O) groups is 2. The molecule has 3 rings (SSSR count). The summed E-state index contributed by atoms with van der Waals surface area (Å²) in [5.74, 6) is 0.599. The second kappa shape index (κ2) is 11.8. The Bertz CT molecular complexity index is 881. The average molecular weight is 459 g/mol. The van der Waals surface area contributed by atoms with Gasteiger partial charge in [0, 0.05) is 57.2 Å². The van der Waals surface area contributed by atoms with Crippen molar-refractivity contribution in [1.82, 2.24) is 15.2 Å². The maximum Gasteiger partial charge on any atom is 0.252 e. The number of rotatable bonds is 9. The van der Waals surface area contributed by atoms with Gasteiger partial charge in [0.25, 0.3) is 5.91 Å². The summed E-state index contributed by atoms with van der Waals surface area (Å²) in [7, 11) is 0. The predicted molar refractivity (Wildman–Crippen MR) is 126 cm³/mol. The molecule has 0 aliphatic carbocycles. The molecule has 8 heteroatoms. The summed E-state index contributed by atoms with van der Waals surface area (Å²) in [6, 6.07) is 11.1. The first-order valence-corrected chi connectivity index (χ1v) is 11.5. The molecule has 1 aromatic carbocycles. The standard InChI is InChI=1S/C24H31ClN4O3/c1-3-32-16-4-11-26-23(30)20-7-10-22(27-17-20)28-12-14-29(15-13-28)24(31)18(2)19-5-8-21(25)9-6-19/h5-10,17-18H,3-4,11-16H2,1-2H3,(H,26,30). The number of nitrogens with zero attached hydrogens (tertiary/aromatic N) is 3. The SMILES string of the molecule is CCOCCCNC(=O)c1ccc(N2CCN(C(=O)C(C)c3ccc(Cl)cc3)CC2)nc1. The summed E-state index contributed by atoms with van der Waals surface area (Å²) in [6.45, 7) is 8.46. The first kappa shape index (κ1) is 24.0. The Balaban J connectivity index is 1.47. The molecule has 1 aliphatic heterocycles. The molecule has 1 N–H and O–H groups in total. The number of hydrogen-bond acceptors (Lipinski definition) is 5. The van der Waals surface area contributed by atoms with Crippen LogP contribution in [0.2, 0.25) is 5.02 Å². The van der Waals surface area contributed by atoms with Crippen molar-refractivity contribution in [2.45, 2.75) is 26.2 Å². The molecule has 1 atom stereocenters. The van der Waals surface area contributed by atoms with Crippen molar-refractivity contribution < 1.29 is 14.3 Å². The number of benzene rings is 1. The van der Waals surface area contributed by atoms with Crippen LogP contribution in [0.25, 0.3) is 0 Å². The predicted octanol–water partition coefficient (Wildman–Crippen LogP) is 3.34. The molecule has 0 spiro atoms. The number of anilines is 1. The van der Waals surface area contributed by atoms with Crippen LogP contribution in [0, 0.1) is 0 Å². The second-order valence-corrected chi connectivity index (χ2v) is 8.23. The van der Waals surface area contributed by atoms with Crippen LogP contribution in [-0.4, -0.2) is 67.6 Å². The number of ether oxygens (including phenoxy) is 1. The topological polar surface area (TPSA) is 74.8 Å². The molecule has 1 aromatic heterocycles. The number of amides is 2. The smallest absolute Gasteiger partial charge is 0.252 e. The van der Waals surface area contributed by atoms with Gasteiger partial charge in [0.1, 0.15) is 5.82 Å². The number of carbonyl (C=O) groups excluding carboxylic acids is 2. The van der Waals surface area contributed by atoms with E-state index in [-0.39, 0.29) is 17.7 Å². The van der Waals surface area contributed by atoms with Crippen LogP contribution in [0.5, 0.6) is 0 Å². The Morgan fingerprint density at radius 2 is 1.84 bits per heavy atom. The fraction of sp³-hybridized carbons (Fsp3) is 0.458. The highest BCUT2D eigenvalue weighted by Gasteiger charge is 2.26. The van der Waals surface area contributed by atoms with E-state index in [0.717, 1.165) is 17.8 Å². The number of nitrogens with one attached hydrogen (secondary N) is 1. The Labute approximate surface area is 194 Å². The van der Waals surface area contributed by atoms with Crippen LogP contribution in [0.4, 0.5) is 5.82 Å². The summed E-state index contributed by atoms with van der Waals surface area (Å²) >= 11 is 5.95. The highest BCUT2D eigenvalue weighted by atomic mass is 35.5. The van der Waals surface area contributed by atoms with Gasteiger partial charge in [0.2, 0.25) is 5.91 Å². The van der Waals surface area contributed by atoms with Crippen molar-refractivity contribution in [3.8, 4) is 0 Å². The van der Waals surface area contributed by atoms with Crippen molar-refractivity contribution in [3.05, 3.63) is 58.7 Å². The molecule has 172 valence electrons. The number of aromatic nitrogens is 1. The van der Waals surface area contributed by atoms with Crippen LogP contribution >= 0.6 is 11.6 Å². The molecule has 2 amide bonds. The van der Waals surface area contributed by atoms with Crippen LogP contribution in [0.1, 0.15) is 42.1 Å². The minimum absolute atomic E-state index is 0.122. The van der Waals surface area contributed by atoms with Crippen LogP contribution in [0.15, 0.2) is 42.6 Å². The van der Waals surface area contributed by atoms with E-state index in [0.29, 0.717) is 56.5 Å². The molecule has 1 unspecified atom stereocenters. The molecule has 0 bridgehead atoms. The zero-order valence-electron chi connectivity index (χ0n) is 18.7. The van der Waals surface area contributed by atoms with Crippen molar-refractivity contribution in [3.63, 3.8) is 0 Å². The molecule has 32 heavy (non-hydrogen) atoms. The van der Waals surface area contributed by atoms with E-state index in [4.69, 9.17) is 16.3 Å². The molecule has 0 radical (unpaired) electrons. The highest BCUT2D eigenvalue weighted by molar-refractivity contribution is 6.30. The third kappa shape index (κ3) is 6.43. The molecule has 2 heterocycles. The van der Waals surface area contributed by atoms with E-state index in [1.165, 1.54) is 0 Å². The van der Waals surface area contributed by atoms with Gasteiger partial charge in [-0.3, -0.25) is 9.59 Å². The normalized spacial score (nSPS) is 14.8. The molecular weight excluding hydrogens is 428 g/mol. The average Bonchev–Trinajstić information content (AvgIpc) is 2.83. The van der Waals surface area contributed by atoms with Crippen molar-refractivity contribution in [1.29, 1.82) is 0 Å². The lowest BCUT2D eigenvalue weighted by Crippen LogP contribution is -2.50. The van der Waals surface area contributed by atoms with Gasteiger partial charge < -0.3 is 19.9 Å². The lowest BCUT2D eigenvalue weighted by atomic mass is 9.99. The lowest BCUT2D eigenvalue weighted by Gasteiger charge is -2.36. The van der Waals surface area contributed by atoms with Gasteiger partial charge in [-0.15, -0.1) is 0 Å². The van der Waals surface area contributed by atoms with Crippen LogP contribution in [0.3, 0.4) is 0 Å². The Kier molecular flexibility index (Phi) is 8.88. The molecule has 1 aliphatic rings. The van der Waals surface area contributed by atoms with Crippen molar-refractivity contribution in [2.24, 2.45) is 0 Å². The quantitative estimate of drug-likeness (QED) is 0.583. The molecule has 1 fully saturated rings. The fourth-order valence-electron chi connectivity index (χ4n) is 3.65. The van der Waals surface area contributed by atoms with Gasteiger partial charge >= 0.3 is 0 Å². The Hall–Kier alpha value is -2.64. The highest BCUT2D eigenvalue weighted by Crippen LogP contribution is 2.22. The van der Waals surface area contributed by atoms with E-state index in [1.54, 1.807) is 12.3 Å². The fourth-order valence-corrected chi connectivity index (χ4v) is 3.78. The van der Waals surface area contributed by atoms with Gasteiger partial charge in [0.05, 0.1) is 11.5 Å². The van der Waals surface area contributed by atoms with E-state index >= 15 is 0 Å². The molecule has 1 saturated heterocycles. The lowest BCUT2D eigenvalue weighted by molar-refractivity contribution is -0.132. The van der Waals surface area contributed by atoms with E-state index in [2.05, 4.69) is 15.2 Å². The molecule has 7 nitrogen and oxygen atoms in total. The summed E-state index contributed by atoms with van der Waals surface area (Å²) in [4.78, 5) is 33.6. The second-order valence-electron chi connectivity index (χ2n) is 7.80. The number of hydrogen-bond donors (Lipinski definition) is 1. The van der Waals surface area contributed by atoms with Gasteiger partial charge in [0.15, 0.2) is 0 Å². The minimum Gasteiger partial charge on any atom is -0.382 e. The van der Waals surface area contributed by atoms with Gasteiger partial charge in [-0.25, -0.2) is 4.98 Å². The first-order valence-electron chi connectivity index (χ1n) is 11.1. The monoisotopic (exact) mass is 458 g/mol. The van der Waals surface area contributed by atoms with Crippen LogP contribution in [-0.2, 0) is 9.53 Å².